The van der Waals surface area contributed by atoms with Gasteiger partial charge in [-0.2, -0.15) is 13.2 Å². The Morgan fingerprint density at radius 2 is 1.89 bits per heavy atom. The van der Waals surface area contributed by atoms with Crippen molar-refractivity contribution in [2.24, 2.45) is 0 Å². The zero-order chi connectivity index (χ0) is 13.8. The van der Waals surface area contributed by atoms with Crippen molar-refractivity contribution in [3.63, 3.8) is 0 Å². The molecule has 1 amide bonds. The molecule has 3 nitrogen and oxygen atoms in total. The number of halogens is 3. The maximum absolute atomic E-state index is 12.3. The molecule has 2 N–H and O–H groups in total. The van der Waals surface area contributed by atoms with E-state index < -0.39 is 17.6 Å². The second-order valence-electron chi connectivity index (χ2n) is 3.84. The van der Waals surface area contributed by atoms with Crippen molar-refractivity contribution in [2.75, 3.05) is 6.61 Å². The number of amides is 1. The van der Waals surface area contributed by atoms with Crippen LogP contribution in [-0.2, 0) is 6.18 Å². The number of nitrogens with one attached hydrogen (secondary N) is 1. The van der Waals surface area contributed by atoms with E-state index in [2.05, 4.69) is 5.32 Å². The van der Waals surface area contributed by atoms with Crippen LogP contribution in [0.15, 0.2) is 24.3 Å². The SMILES string of the molecule is CC[C@@H](CO)NC(=O)c1ccc(C(F)(F)F)cc1. The van der Waals surface area contributed by atoms with Gasteiger partial charge in [0, 0.05) is 5.56 Å². The van der Waals surface area contributed by atoms with Crippen LogP contribution in [0.1, 0.15) is 29.3 Å². The largest absolute Gasteiger partial charge is 0.416 e. The molecule has 0 bridgehead atoms. The Morgan fingerprint density at radius 1 is 1.33 bits per heavy atom. The lowest BCUT2D eigenvalue weighted by Gasteiger charge is -2.14. The minimum absolute atomic E-state index is 0.134. The first-order chi connectivity index (χ1) is 8.38. The maximum atomic E-state index is 12.3. The lowest BCUT2D eigenvalue weighted by atomic mass is 10.1. The molecule has 18 heavy (non-hydrogen) atoms. The minimum atomic E-state index is -4.41. The third-order valence-corrected chi connectivity index (χ3v) is 2.52. The van der Waals surface area contributed by atoms with E-state index in [4.69, 9.17) is 5.11 Å². The summed E-state index contributed by atoms with van der Waals surface area (Å²) in [4.78, 5) is 11.6. The highest BCUT2D eigenvalue weighted by Crippen LogP contribution is 2.29. The van der Waals surface area contributed by atoms with Crippen molar-refractivity contribution in [1.82, 2.24) is 5.32 Å². The van der Waals surface area contributed by atoms with E-state index in [1.165, 1.54) is 0 Å². The number of aliphatic hydroxyl groups excluding tert-OH is 1. The quantitative estimate of drug-likeness (QED) is 0.873. The van der Waals surface area contributed by atoms with E-state index >= 15 is 0 Å². The van der Waals surface area contributed by atoms with Crippen LogP contribution in [0.25, 0.3) is 0 Å². The van der Waals surface area contributed by atoms with Crippen molar-refractivity contribution in [2.45, 2.75) is 25.6 Å². The highest BCUT2D eigenvalue weighted by molar-refractivity contribution is 5.94. The fraction of sp³-hybridized carbons (Fsp3) is 0.417. The third kappa shape index (κ3) is 3.73. The van der Waals surface area contributed by atoms with E-state index in [9.17, 15) is 18.0 Å². The van der Waals surface area contributed by atoms with Crippen LogP contribution < -0.4 is 5.32 Å². The van der Waals surface area contributed by atoms with E-state index in [0.29, 0.717) is 6.42 Å². The van der Waals surface area contributed by atoms with Crippen LogP contribution in [-0.4, -0.2) is 23.7 Å². The van der Waals surface area contributed by atoms with Gasteiger partial charge in [0.05, 0.1) is 18.2 Å². The molecule has 0 aliphatic carbocycles. The highest BCUT2D eigenvalue weighted by Gasteiger charge is 2.30. The molecule has 0 aliphatic rings. The number of alkyl halides is 3. The Hall–Kier alpha value is -1.56. The van der Waals surface area contributed by atoms with Crippen molar-refractivity contribution in [1.29, 1.82) is 0 Å². The Kier molecular flexibility index (Phi) is 4.72. The number of hydrogen-bond acceptors (Lipinski definition) is 2. The summed E-state index contributed by atoms with van der Waals surface area (Å²) in [7, 11) is 0. The Bertz CT molecular complexity index is 397. The summed E-state index contributed by atoms with van der Waals surface area (Å²) in [5.41, 5.74) is -0.664. The highest BCUT2D eigenvalue weighted by atomic mass is 19.4. The molecule has 1 atom stereocenters. The number of hydrogen-bond donors (Lipinski definition) is 2. The molecular formula is C12H14F3NO2. The van der Waals surface area contributed by atoms with E-state index in [0.717, 1.165) is 24.3 Å². The molecule has 0 saturated carbocycles. The molecule has 0 unspecified atom stereocenters. The van der Waals surface area contributed by atoms with Crippen LogP contribution >= 0.6 is 0 Å². The smallest absolute Gasteiger partial charge is 0.394 e. The van der Waals surface area contributed by atoms with Gasteiger partial charge in [-0.05, 0) is 30.7 Å². The lowest BCUT2D eigenvalue weighted by Crippen LogP contribution is -2.36. The molecule has 100 valence electrons. The fourth-order valence-corrected chi connectivity index (χ4v) is 1.36. The normalized spacial score (nSPS) is 13.2. The molecule has 0 fully saturated rings. The molecular weight excluding hydrogens is 247 g/mol. The molecule has 1 rings (SSSR count). The summed E-state index contributed by atoms with van der Waals surface area (Å²) in [6, 6.07) is 3.55. The minimum Gasteiger partial charge on any atom is -0.394 e. The lowest BCUT2D eigenvalue weighted by molar-refractivity contribution is -0.137. The molecule has 0 spiro atoms. The van der Waals surface area contributed by atoms with Gasteiger partial charge in [-0.25, -0.2) is 0 Å². The average molecular weight is 261 g/mol. The van der Waals surface area contributed by atoms with E-state index in [-0.39, 0.29) is 18.2 Å². The summed E-state index contributed by atoms with van der Waals surface area (Å²) in [5, 5.41) is 11.4. The van der Waals surface area contributed by atoms with Gasteiger partial charge in [-0.1, -0.05) is 6.92 Å². The second kappa shape index (κ2) is 5.86. The summed E-state index contributed by atoms with van der Waals surface area (Å²) in [6.07, 6.45) is -3.87. The Balaban J connectivity index is 2.76. The molecule has 0 aliphatic heterocycles. The fourth-order valence-electron chi connectivity index (χ4n) is 1.36. The van der Waals surface area contributed by atoms with Gasteiger partial charge in [0.15, 0.2) is 0 Å². The van der Waals surface area contributed by atoms with Gasteiger partial charge in [0.2, 0.25) is 0 Å². The van der Waals surface area contributed by atoms with Crippen LogP contribution in [0.3, 0.4) is 0 Å². The first kappa shape index (κ1) is 14.5. The molecule has 0 aromatic heterocycles. The van der Waals surface area contributed by atoms with Gasteiger partial charge in [0.1, 0.15) is 0 Å². The molecule has 1 aromatic rings. The van der Waals surface area contributed by atoms with Gasteiger partial charge in [0.25, 0.3) is 5.91 Å². The van der Waals surface area contributed by atoms with Gasteiger partial charge in [-0.15, -0.1) is 0 Å². The van der Waals surface area contributed by atoms with Crippen molar-refractivity contribution in [3.8, 4) is 0 Å². The van der Waals surface area contributed by atoms with E-state index in [1.54, 1.807) is 6.92 Å². The van der Waals surface area contributed by atoms with Crippen LogP contribution in [0, 0.1) is 0 Å². The number of aliphatic hydroxyl groups is 1. The molecule has 6 heteroatoms. The van der Waals surface area contributed by atoms with Crippen molar-refractivity contribution in [3.05, 3.63) is 35.4 Å². The third-order valence-electron chi connectivity index (χ3n) is 2.52. The maximum Gasteiger partial charge on any atom is 0.416 e. The zero-order valence-corrected chi connectivity index (χ0v) is 9.79. The number of rotatable bonds is 4. The number of carbonyl (C=O) groups is 1. The topological polar surface area (TPSA) is 49.3 Å². The monoisotopic (exact) mass is 261 g/mol. The van der Waals surface area contributed by atoms with Gasteiger partial charge < -0.3 is 10.4 Å². The summed E-state index contributed by atoms with van der Waals surface area (Å²) in [5.74, 6) is -0.496. The number of benzene rings is 1. The van der Waals surface area contributed by atoms with Crippen LogP contribution in [0.4, 0.5) is 13.2 Å². The summed E-state index contributed by atoms with van der Waals surface area (Å²) >= 11 is 0. The molecule has 0 saturated heterocycles. The van der Waals surface area contributed by atoms with Gasteiger partial charge in [-0.3, -0.25) is 4.79 Å². The number of carbonyl (C=O) groups excluding carboxylic acids is 1. The molecule has 0 radical (unpaired) electrons. The second-order valence-corrected chi connectivity index (χ2v) is 3.84. The predicted octanol–water partition coefficient (Wildman–Crippen LogP) is 2.21. The summed E-state index contributed by atoms with van der Waals surface area (Å²) in [6.45, 7) is 1.58. The zero-order valence-electron chi connectivity index (χ0n) is 9.79. The van der Waals surface area contributed by atoms with E-state index in [1.807, 2.05) is 0 Å². The Morgan fingerprint density at radius 3 is 2.28 bits per heavy atom. The molecule has 0 heterocycles. The first-order valence-corrected chi connectivity index (χ1v) is 5.47. The molecule has 1 aromatic carbocycles. The Labute approximate surface area is 103 Å². The van der Waals surface area contributed by atoms with Crippen LogP contribution in [0.5, 0.6) is 0 Å². The summed E-state index contributed by atoms with van der Waals surface area (Å²) < 4.78 is 36.9. The van der Waals surface area contributed by atoms with Crippen molar-refractivity contribution >= 4 is 5.91 Å². The predicted molar refractivity (Wildman–Crippen MR) is 60.1 cm³/mol. The van der Waals surface area contributed by atoms with Crippen molar-refractivity contribution < 1.29 is 23.1 Å². The average Bonchev–Trinajstić information content (AvgIpc) is 2.34. The van der Waals surface area contributed by atoms with Gasteiger partial charge >= 0.3 is 6.18 Å². The first-order valence-electron chi connectivity index (χ1n) is 5.47. The standard InChI is InChI=1S/C12H14F3NO2/c1-2-10(7-17)16-11(18)8-3-5-9(6-4-8)12(13,14)15/h3-6,10,17H,2,7H2,1H3,(H,16,18)/t10-/m0/s1. The van der Waals surface area contributed by atoms with Crippen LogP contribution in [0.2, 0.25) is 0 Å².